The van der Waals surface area contributed by atoms with Crippen LogP contribution in [0.2, 0.25) is 0 Å². The van der Waals surface area contributed by atoms with Crippen LogP contribution in [0.1, 0.15) is 47.5 Å². The van der Waals surface area contributed by atoms with Gasteiger partial charge in [-0.1, -0.05) is 20.8 Å². The third-order valence-electron chi connectivity index (χ3n) is 3.73. The van der Waals surface area contributed by atoms with Crippen molar-refractivity contribution in [2.24, 2.45) is 5.92 Å². The number of hydrogen-bond acceptors (Lipinski definition) is 2. The van der Waals surface area contributed by atoms with Crippen molar-refractivity contribution in [3.05, 3.63) is 0 Å². The average molecular weight is 212 g/mol. The van der Waals surface area contributed by atoms with E-state index in [1.165, 1.54) is 25.9 Å². The molecule has 1 atom stereocenters. The predicted molar refractivity (Wildman–Crippen MR) is 67.2 cm³/mol. The van der Waals surface area contributed by atoms with Gasteiger partial charge in [-0.05, 0) is 32.6 Å². The highest BCUT2D eigenvalue weighted by molar-refractivity contribution is 4.88. The van der Waals surface area contributed by atoms with Crippen LogP contribution in [0.3, 0.4) is 0 Å². The van der Waals surface area contributed by atoms with Crippen molar-refractivity contribution in [1.29, 1.82) is 0 Å². The van der Waals surface area contributed by atoms with E-state index in [4.69, 9.17) is 0 Å². The Labute approximate surface area is 95.4 Å². The van der Waals surface area contributed by atoms with E-state index >= 15 is 0 Å². The van der Waals surface area contributed by atoms with Gasteiger partial charge in [-0.3, -0.25) is 4.90 Å². The third kappa shape index (κ3) is 3.76. The highest BCUT2D eigenvalue weighted by Gasteiger charge is 2.29. The predicted octanol–water partition coefficient (Wildman–Crippen LogP) is 2.49. The van der Waals surface area contributed by atoms with E-state index in [0.29, 0.717) is 11.6 Å². The molecule has 1 fully saturated rings. The molecule has 1 rings (SSSR count). The Morgan fingerprint density at radius 3 is 2.60 bits per heavy atom. The maximum Gasteiger partial charge on any atom is 0.0198 e. The number of nitrogens with one attached hydrogen (secondary N) is 1. The lowest BCUT2D eigenvalue weighted by Crippen LogP contribution is -2.57. The van der Waals surface area contributed by atoms with Crippen molar-refractivity contribution in [3.8, 4) is 0 Å². The van der Waals surface area contributed by atoms with Gasteiger partial charge >= 0.3 is 0 Å². The second-order valence-corrected chi connectivity index (χ2v) is 5.89. The summed E-state index contributed by atoms with van der Waals surface area (Å²) in [6.07, 6.45) is 2.54. The molecule has 0 saturated carbocycles. The summed E-state index contributed by atoms with van der Waals surface area (Å²) < 4.78 is 0. The molecule has 0 radical (unpaired) electrons. The number of hydrogen-bond donors (Lipinski definition) is 1. The van der Waals surface area contributed by atoms with E-state index in [1.54, 1.807) is 0 Å². The molecule has 0 aliphatic carbocycles. The van der Waals surface area contributed by atoms with Crippen LogP contribution in [-0.4, -0.2) is 36.1 Å². The lowest BCUT2D eigenvalue weighted by molar-refractivity contribution is 0.0744. The SMILES string of the molecule is CCC(C)(C)N1CCNC(CC(C)C)C1. The molecule has 1 heterocycles. The molecular formula is C13H28N2. The number of piperazine rings is 1. The zero-order chi connectivity index (χ0) is 11.5. The van der Waals surface area contributed by atoms with E-state index < -0.39 is 0 Å². The van der Waals surface area contributed by atoms with Crippen molar-refractivity contribution in [2.45, 2.75) is 59.0 Å². The molecule has 2 nitrogen and oxygen atoms in total. The van der Waals surface area contributed by atoms with Crippen LogP contribution in [0.4, 0.5) is 0 Å². The highest BCUT2D eigenvalue weighted by Crippen LogP contribution is 2.21. The van der Waals surface area contributed by atoms with E-state index in [1.807, 2.05) is 0 Å². The summed E-state index contributed by atoms with van der Waals surface area (Å²) in [6, 6.07) is 0.699. The topological polar surface area (TPSA) is 15.3 Å². The molecule has 1 N–H and O–H groups in total. The molecule has 0 bridgehead atoms. The second-order valence-electron chi connectivity index (χ2n) is 5.89. The average Bonchev–Trinajstić information content (AvgIpc) is 2.17. The van der Waals surface area contributed by atoms with Crippen LogP contribution in [0.5, 0.6) is 0 Å². The monoisotopic (exact) mass is 212 g/mol. The summed E-state index contributed by atoms with van der Waals surface area (Å²) in [5.41, 5.74) is 0.372. The fraction of sp³-hybridized carbons (Fsp3) is 1.00. The van der Waals surface area contributed by atoms with Gasteiger partial charge < -0.3 is 5.32 Å². The lowest BCUT2D eigenvalue weighted by Gasteiger charge is -2.44. The normalized spacial score (nSPS) is 24.8. The standard InChI is InChI=1S/C13H28N2/c1-6-13(4,5)15-8-7-14-12(10-15)9-11(2)3/h11-12,14H,6-10H2,1-5H3. The van der Waals surface area contributed by atoms with Gasteiger partial charge in [-0.15, -0.1) is 0 Å². The molecule has 1 unspecified atom stereocenters. The van der Waals surface area contributed by atoms with Crippen LogP contribution in [0.15, 0.2) is 0 Å². The van der Waals surface area contributed by atoms with Crippen molar-refractivity contribution in [2.75, 3.05) is 19.6 Å². The van der Waals surface area contributed by atoms with Gasteiger partial charge in [0.1, 0.15) is 0 Å². The van der Waals surface area contributed by atoms with Gasteiger partial charge in [0.15, 0.2) is 0 Å². The first-order valence-electron chi connectivity index (χ1n) is 6.44. The molecule has 0 spiro atoms. The molecule has 1 saturated heterocycles. The van der Waals surface area contributed by atoms with Gasteiger partial charge in [0.2, 0.25) is 0 Å². The van der Waals surface area contributed by atoms with Crippen molar-refractivity contribution in [1.82, 2.24) is 10.2 Å². The largest absolute Gasteiger partial charge is 0.311 e. The Balaban J connectivity index is 2.48. The van der Waals surface area contributed by atoms with E-state index in [9.17, 15) is 0 Å². The second kappa shape index (κ2) is 5.31. The first kappa shape index (κ1) is 13.0. The van der Waals surface area contributed by atoms with Gasteiger partial charge in [0, 0.05) is 31.2 Å². The third-order valence-corrected chi connectivity index (χ3v) is 3.73. The molecule has 2 heteroatoms. The summed E-state index contributed by atoms with van der Waals surface area (Å²) >= 11 is 0. The van der Waals surface area contributed by atoms with Crippen LogP contribution in [0, 0.1) is 5.92 Å². The Bertz CT molecular complexity index is 187. The quantitative estimate of drug-likeness (QED) is 0.770. The minimum atomic E-state index is 0.372. The zero-order valence-corrected chi connectivity index (χ0v) is 11.1. The minimum Gasteiger partial charge on any atom is -0.311 e. The molecule has 0 amide bonds. The van der Waals surface area contributed by atoms with Crippen LogP contribution in [0.25, 0.3) is 0 Å². The summed E-state index contributed by atoms with van der Waals surface area (Å²) in [4.78, 5) is 2.65. The maximum absolute atomic E-state index is 3.63. The molecule has 0 aromatic rings. The highest BCUT2D eigenvalue weighted by atomic mass is 15.2. The van der Waals surface area contributed by atoms with Crippen LogP contribution >= 0.6 is 0 Å². The number of rotatable bonds is 4. The van der Waals surface area contributed by atoms with Crippen molar-refractivity contribution < 1.29 is 0 Å². The van der Waals surface area contributed by atoms with E-state index in [2.05, 4.69) is 44.8 Å². The zero-order valence-electron chi connectivity index (χ0n) is 11.1. The first-order valence-corrected chi connectivity index (χ1v) is 6.44. The first-order chi connectivity index (χ1) is 6.95. The van der Waals surface area contributed by atoms with Gasteiger partial charge in [-0.25, -0.2) is 0 Å². The lowest BCUT2D eigenvalue weighted by atomic mass is 9.95. The summed E-state index contributed by atoms with van der Waals surface area (Å²) in [7, 11) is 0. The maximum atomic E-state index is 3.63. The summed E-state index contributed by atoms with van der Waals surface area (Å²) in [5.74, 6) is 0.798. The fourth-order valence-corrected chi connectivity index (χ4v) is 2.33. The van der Waals surface area contributed by atoms with Crippen LogP contribution in [-0.2, 0) is 0 Å². The molecule has 0 aromatic heterocycles. The van der Waals surface area contributed by atoms with Crippen LogP contribution < -0.4 is 5.32 Å². The minimum absolute atomic E-state index is 0.372. The smallest absolute Gasteiger partial charge is 0.0198 e. The molecule has 0 aromatic carbocycles. The Morgan fingerprint density at radius 1 is 1.40 bits per heavy atom. The summed E-state index contributed by atoms with van der Waals surface area (Å²) in [6.45, 7) is 15.2. The van der Waals surface area contributed by atoms with Gasteiger partial charge in [0.25, 0.3) is 0 Å². The molecule has 1 aliphatic rings. The van der Waals surface area contributed by atoms with E-state index in [-0.39, 0.29) is 0 Å². The fourth-order valence-electron chi connectivity index (χ4n) is 2.33. The van der Waals surface area contributed by atoms with Crippen molar-refractivity contribution in [3.63, 3.8) is 0 Å². The van der Waals surface area contributed by atoms with Gasteiger partial charge in [-0.2, -0.15) is 0 Å². The molecule has 1 aliphatic heterocycles. The Kier molecular flexibility index (Phi) is 4.60. The Morgan fingerprint density at radius 2 is 2.07 bits per heavy atom. The summed E-state index contributed by atoms with van der Waals surface area (Å²) in [5, 5.41) is 3.63. The molecule has 90 valence electrons. The number of nitrogens with zero attached hydrogens (tertiary/aromatic N) is 1. The Hall–Kier alpha value is -0.0800. The molecule has 15 heavy (non-hydrogen) atoms. The van der Waals surface area contributed by atoms with Gasteiger partial charge in [0.05, 0.1) is 0 Å². The molecular weight excluding hydrogens is 184 g/mol. The van der Waals surface area contributed by atoms with E-state index in [0.717, 1.165) is 12.5 Å². The van der Waals surface area contributed by atoms with Crippen molar-refractivity contribution >= 4 is 0 Å².